The van der Waals surface area contributed by atoms with E-state index in [4.69, 9.17) is 0 Å². The van der Waals surface area contributed by atoms with E-state index in [0.717, 1.165) is 18.6 Å². The van der Waals surface area contributed by atoms with E-state index in [-0.39, 0.29) is 0 Å². The van der Waals surface area contributed by atoms with Gasteiger partial charge in [0.2, 0.25) is 0 Å². The standard InChI is InChI=1S/C11H19N/c1-5-8-11(7-3)10(4)12-9-6-2/h6,8-9H,5,7H2,1-4H3/b9-6-,11-8+,12-10+. The topological polar surface area (TPSA) is 12.4 Å². The van der Waals surface area contributed by atoms with Crippen molar-refractivity contribution in [3.05, 3.63) is 23.9 Å². The molecule has 0 aliphatic heterocycles. The molecule has 0 aliphatic rings. The molecule has 0 heterocycles. The lowest BCUT2D eigenvalue weighted by molar-refractivity contribution is 1.11. The number of nitrogens with zero attached hydrogens (tertiary/aromatic N) is 1. The number of hydrogen-bond donors (Lipinski definition) is 0. The highest BCUT2D eigenvalue weighted by Crippen LogP contribution is 2.05. The fraction of sp³-hybridized carbons (Fsp3) is 0.545. The van der Waals surface area contributed by atoms with Crippen LogP contribution in [0.2, 0.25) is 0 Å². The van der Waals surface area contributed by atoms with Crippen LogP contribution in [0, 0.1) is 0 Å². The lowest BCUT2D eigenvalue weighted by Crippen LogP contribution is -1.95. The van der Waals surface area contributed by atoms with Gasteiger partial charge in [-0.25, -0.2) is 0 Å². The molecule has 1 nitrogen and oxygen atoms in total. The Bertz CT molecular complexity index is 197. The Hall–Kier alpha value is -0.850. The number of allylic oxidation sites excluding steroid dienone is 3. The third-order valence-electron chi connectivity index (χ3n) is 1.71. The lowest BCUT2D eigenvalue weighted by atomic mass is 10.1. The van der Waals surface area contributed by atoms with Crippen LogP contribution < -0.4 is 0 Å². The molecule has 0 radical (unpaired) electrons. The first-order valence-corrected chi connectivity index (χ1v) is 4.61. The summed E-state index contributed by atoms with van der Waals surface area (Å²) in [6.07, 6.45) is 8.19. The Morgan fingerprint density at radius 3 is 2.42 bits per heavy atom. The highest BCUT2D eigenvalue weighted by atomic mass is 14.7. The maximum atomic E-state index is 4.30. The van der Waals surface area contributed by atoms with Crippen LogP contribution in [0.3, 0.4) is 0 Å². The molecule has 0 atom stereocenters. The largest absolute Gasteiger partial charge is 0.262 e. The summed E-state index contributed by atoms with van der Waals surface area (Å²) in [6, 6.07) is 0. The van der Waals surface area contributed by atoms with Gasteiger partial charge in [-0.15, -0.1) is 0 Å². The maximum absolute atomic E-state index is 4.30. The fourth-order valence-corrected chi connectivity index (χ4v) is 1.06. The van der Waals surface area contributed by atoms with E-state index in [9.17, 15) is 0 Å². The predicted octanol–water partition coefficient (Wildman–Crippen LogP) is 3.73. The van der Waals surface area contributed by atoms with Gasteiger partial charge in [0.15, 0.2) is 0 Å². The van der Waals surface area contributed by atoms with E-state index in [0.29, 0.717) is 0 Å². The zero-order chi connectivity index (χ0) is 9.40. The molecule has 0 saturated heterocycles. The smallest absolute Gasteiger partial charge is 0.0401 e. The van der Waals surface area contributed by atoms with Crippen LogP contribution in [-0.2, 0) is 0 Å². The van der Waals surface area contributed by atoms with Crippen LogP contribution in [0.4, 0.5) is 0 Å². The molecule has 0 unspecified atom stereocenters. The monoisotopic (exact) mass is 165 g/mol. The molecule has 1 heteroatoms. The number of rotatable bonds is 4. The molecule has 0 amide bonds. The van der Waals surface area contributed by atoms with Gasteiger partial charge in [-0.05, 0) is 32.3 Å². The summed E-state index contributed by atoms with van der Waals surface area (Å²) in [4.78, 5) is 4.30. The van der Waals surface area contributed by atoms with Crippen LogP contribution in [0.15, 0.2) is 28.9 Å². The van der Waals surface area contributed by atoms with E-state index in [2.05, 4.69) is 31.8 Å². The van der Waals surface area contributed by atoms with Crippen molar-refractivity contribution in [2.24, 2.45) is 4.99 Å². The summed E-state index contributed by atoms with van der Waals surface area (Å²) in [5.41, 5.74) is 2.49. The van der Waals surface area contributed by atoms with Crippen LogP contribution in [-0.4, -0.2) is 5.71 Å². The van der Waals surface area contributed by atoms with Gasteiger partial charge in [0.05, 0.1) is 0 Å². The molecule has 0 aromatic heterocycles. The summed E-state index contributed by atoms with van der Waals surface area (Å²) in [5, 5.41) is 0. The second-order valence-corrected chi connectivity index (χ2v) is 2.69. The third-order valence-corrected chi connectivity index (χ3v) is 1.71. The molecule has 0 saturated carbocycles. The van der Waals surface area contributed by atoms with Gasteiger partial charge in [0.25, 0.3) is 0 Å². The van der Waals surface area contributed by atoms with Crippen LogP contribution in [0.5, 0.6) is 0 Å². The predicted molar refractivity (Wildman–Crippen MR) is 56.6 cm³/mol. The molecular formula is C11H19N. The Kier molecular flexibility index (Phi) is 6.35. The van der Waals surface area contributed by atoms with Gasteiger partial charge in [-0.1, -0.05) is 26.0 Å². The van der Waals surface area contributed by atoms with Crippen LogP contribution in [0.25, 0.3) is 0 Å². The van der Waals surface area contributed by atoms with Gasteiger partial charge in [-0.3, -0.25) is 4.99 Å². The average Bonchev–Trinajstić information content (AvgIpc) is 2.10. The van der Waals surface area contributed by atoms with Crippen LogP contribution in [0.1, 0.15) is 40.5 Å². The molecule has 0 fully saturated rings. The van der Waals surface area contributed by atoms with E-state index in [1.54, 1.807) is 0 Å². The van der Waals surface area contributed by atoms with Gasteiger partial charge in [0, 0.05) is 11.9 Å². The molecule has 0 rings (SSSR count). The van der Waals surface area contributed by atoms with Gasteiger partial charge < -0.3 is 0 Å². The van der Waals surface area contributed by atoms with Crippen molar-refractivity contribution < 1.29 is 0 Å². The molecule has 0 N–H and O–H groups in total. The maximum Gasteiger partial charge on any atom is 0.0401 e. The first kappa shape index (κ1) is 11.2. The number of hydrogen-bond acceptors (Lipinski definition) is 1. The minimum Gasteiger partial charge on any atom is -0.262 e. The van der Waals surface area contributed by atoms with Crippen molar-refractivity contribution in [2.75, 3.05) is 0 Å². The third kappa shape index (κ3) is 4.12. The quantitative estimate of drug-likeness (QED) is 0.563. The van der Waals surface area contributed by atoms with Gasteiger partial charge in [0.1, 0.15) is 0 Å². The normalized spacial score (nSPS) is 14.3. The van der Waals surface area contributed by atoms with Gasteiger partial charge >= 0.3 is 0 Å². The zero-order valence-corrected chi connectivity index (χ0v) is 8.59. The molecule has 0 aromatic carbocycles. The minimum atomic E-state index is 1.07. The second kappa shape index (κ2) is 6.84. The molecule has 0 bridgehead atoms. The van der Waals surface area contributed by atoms with E-state index in [1.165, 1.54) is 5.57 Å². The van der Waals surface area contributed by atoms with Crippen molar-refractivity contribution >= 4 is 5.71 Å². The average molecular weight is 165 g/mol. The molecule has 0 aromatic rings. The Morgan fingerprint density at radius 1 is 1.33 bits per heavy atom. The molecule has 12 heavy (non-hydrogen) atoms. The Balaban J connectivity index is 4.40. The fourth-order valence-electron chi connectivity index (χ4n) is 1.06. The van der Waals surface area contributed by atoms with Crippen molar-refractivity contribution in [3.8, 4) is 0 Å². The molecule has 0 aliphatic carbocycles. The van der Waals surface area contributed by atoms with Crippen molar-refractivity contribution in [1.82, 2.24) is 0 Å². The summed E-state index contributed by atoms with van der Waals surface area (Å²) in [7, 11) is 0. The Morgan fingerprint density at radius 2 is 2.00 bits per heavy atom. The minimum absolute atomic E-state index is 1.07. The second-order valence-electron chi connectivity index (χ2n) is 2.69. The molecule has 68 valence electrons. The molecule has 0 spiro atoms. The summed E-state index contributed by atoms with van der Waals surface area (Å²) >= 11 is 0. The first-order chi connectivity index (χ1) is 5.76. The highest BCUT2D eigenvalue weighted by Gasteiger charge is 1.95. The van der Waals surface area contributed by atoms with E-state index >= 15 is 0 Å². The SMILES string of the molecule is C\C=C/N=C(C)/C(=C/CC)CC. The van der Waals surface area contributed by atoms with E-state index < -0.39 is 0 Å². The van der Waals surface area contributed by atoms with Crippen molar-refractivity contribution in [1.29, 1.82) is 0 Å². The Labute approximate surface area is 75.9 Å². The highest BCUT2D eigenvalue weighted by molar-refractivity contribution is 5.98. The summed E-state index contributed by atoms with van der Waals surface area (Å²) < 4.78 is 0. The molecular weight excluding hydrogens is 146 g/mol. The summed E-state index contributed by atoms with van der Waals surface area (Å²) in [6.45, 7) is 8.35. The number of aliphatic imine (C=N–C) groups is 1. The van der Waals surface area contributed by atoms with Crippen molar-refractivity contribution in [3.63, 3.8) is 0 Å². The lowest BCUT2D eigenvalue weighted by Gasteiger charge is -2.01. The van der Waals surface area contributed by atoms with Gasteiger partial charge in [-0.2, -0.15) is 0 Å². The summed E-state index contributed by atoms with van der Waals surface area (Å²) in [5.74, 6) is 0. The zero-order valence-electron chi connectivity index (χ0n) is 8.59. The van der Waals surface area contributed by atoms with E-state index in [1.807, 2.05) is 19.2 Å². The first-order valence-electron chi connectivity index (χ1n) is 4.61. The van der Waals surface area contributed by atoms with Crippen LogP contribution >= 0.6 is 0 Å². The van der Waals surface area contributed by atoms with Crippen molar-refractivity contribution in [2.45, 2.75) is 40.5 Å².